The minimum absolute atomic E-state index is 0.115. The van der Waals surface area contributed by atoms with Crippen molar-refractivity contribution >= 4 is 28.6 Å². The molecular formula is C8H5F3INO4. The van der Waals surface area contributed by atoms with E-state index in [0.717, 1.165) is 6.07 Å². The first-order valence-electron chi connectivity index (χ1n) is 4.05. The zero-order chi connectivity index (χ0) is 13.2. The summed E-state index contributed by atoms with van der Waals surface area (Å²) in [5.41, 5.74) is -0.354. The van der Waals surface area contributed by atoms with Crippen LogP contribution >= 0.6 is 22.6 Å². The average molecular weight is 363 g/mol. The van der Waals surface area contributed by atoms with Crippen LogP contribution in [0, 0.1) is 3.70 Å². The molecule has 0 saturated carbocycles. The van der Waals surface area contributed by atoms with E-state index in [1.807, 2.05) is 0 Å². The first-order chi connectivity index (χ1) is 7.69. The Bertz CT molecular complexity index is 449. The Morgan fingerprint density at radius 2 is 2.12 bits per heavy atom. The maximum absolute atomic E-state index is 12.0. The van der Waals surface area contributed by atoms with Gasteiger partial charge in [0.2, 0.25) is 5.88 Å². The van der Waals surface area contributed by atoms with Crippen molar-refractivity contribution in [3.05, 3.63) is 15.3 Å². The summed E-state index contributed by atoms with van der Waals surface area (Å²) in [5, 5.41) is 17.7. The zero-order valence-corrected chi connectivity index (χ0v) is 10.1. The molecule has 1 aromatic rings. The lowest BCUT2D eigenvalue weighted by atomic mass is 10.2. The van der Waals surface area contributed by atoms with E-state index in [4.69, 9.17) is 5.11 Å². The molecule has 0 amide bonds. The van der Waals surface area contributed by atoms with Crippen LogP contribution in [0.3, 0.4) is 0 Å². The van der Waals surface area contributed by atoms with Crippen LogP contribution in [0.1, 0.15) is 5.56 Å². The average Bonchev–Trinajstić information content (AvgIpc) is 2.10. The van der Waals surface area contributed by atoms with Crippen molar-refractivity contribution in [2.24, 2.45) is 0 Å². The third-order valence-corrected chi connectivity index (χ3v) is 2.34. The molecular weight excluding hydrogens is 358 g/mol. The molecule has 0 atom stereocenters. The predicted molar refractivity (Wildman–Crippen MR) is 56.6 cm³/mol. The molecule has 0 aliphatic rings. The van der Waals surface area contributed by atoms with Gasteiger partial charge in [-0.3, -0.25) is 4.79 Å². The number of rotatable bonds is 3. The Hall–Kier alpha value is -1.26. The van der Waals surface area contributed by atoms with Crippen molar-refractivity contribution in [3.8, 4) is 11.6 Å². The number of hydrogen-bond donors (Lipinski definition) is 2. The van der Waals surface area contributed by atoms with Crippen LogP contribution < -0.4 is 4.74 Å². The number of aliphatic carboxylic acids is 1. The Kier molecular flexibility index (Phi) is 4.01. The molecule has 0 bridgehead atoms. The summed E-state index contributed by atoms with van der Waals surface area (Å²) in [5.74, 6) is -2.64. The van der Waals surface area contributed by atoms with Gasteiger partial charge < -0.3 is 14.9 Å². The number of pyridine rings is 1. The van der Waals surface area contributed by atoms with E-state index >= 15 is 0 Å². The van der Waals surface area contributed by atoms with Crippen molar-refractivity contribution in [2.45, 2.75) is 12.8 Å². The molecule has 1 rings (SSSR count). The molecule has 0 aliphatic heterocycles. The van der Waals surface area contributed by atoms with Crippen molar-refractivity contribution in [3.63, 3.8) is 0 Å². The number of nitrogens with zero attached hydrogens (tertiary/aromatic N) is 1. The molecule has 0 aliphatic carbocycles. The van der Waals surface area contributed by atoms with Crippen LogP contribution in [-0.4, -0.2) is 27.5 Å². The summed E-state index contributed by atoms with van der Waals surface area (Å²) in [4.78, 5) is 13.8. The fourth-order valence-electron chi connectivity index (χ4n) is 0.992. The number of carboxylic acids is 1. The number of ether oxygens (including phenoxy) is 1. The van der Waals surface area contributed by atoms with Gasteiger partial charge in [0.1, 0.15) is 9.45 Å². The molecule has 17 heavy (non-hydrogen) atoms. The second-order valence-electron chi connectivity index (χ2n) is 2.88. The highest BCUT2D eigenvalue weighted by Gasteiger charge is 2.33. The largest absolute Gasteiger partial charge is 0.574 e. The molecule has 94 valence electrons. The van der Waals surface area contributed by atoms with Gasteiger partial charge in [-0.05, 0) is 28.7 Å². The Balaban J connectivity index is 3.16. The highest BCUT2D eigenvalue weighted by Crippen LogP contribution is 2.30. The molecule has 9 heteroatoms. The molecule has 0 saturated heterocycles. The number of alkyl halides is 3. The van der Waals surface area contributed by atoms with E-state index < -0.39 is 30.4 Å². The second-order valence-corrected chi connectivity index (χ2v) is 3.90. The number of aromatic hydroxyl groups is 1. The zero-order valence-electron chi connectivity index (χ0n) is 7.95. The molecule has 2 N–H and O–H groups in total. The molecule has 1 aromatic heterocycles. The van der Waals surface area contributed by atoms with Crippen LogP contribution in [0.5, 0.6) is 11.6 Å². The SMILES string of the molecule is O=C(O)Cc1cc(O)c(I)nc1OC(F)(F)F. The first kappa shape index (κ1) is 13.8. The van der Waals surface area contributed by atoms with Crippen LogP contribution in [-0.2, 0) is 11.2 Å². The maximum atomic E-state index is 12.0. The Labute approximate surface area is 106 Å². The lowest BCUT2D eigenvalue weighted by molar-refractivity contribution is -0.276. The number of carboxylic acid groups (broad SMARTS) is 1. The first-order valence-corrected chi connectivity index (χ1v) is 5.13. The van der Waals surface area contributed by atoms with Crippen molar-refractivity contribution < 1.29 is 32.9 Å². The quantitative estimate of drug-likeness (QED) is 0.634. The van der Waals surface area contributed by atoms with Gasteiger partial charge in [-0.1, -0.05) is 0 Å². The van der Waals surface area contributed by atoms with Crippen LogP contribution in [0.4, 0.5) is 13.2 Å². The van der Waals surface area contributed by atoms with E-state index in [0.29, 0.717) is 0 Å². The topological polar surface area (TPSA) is 79.7 Å². The van der Waals surface area contributed by atoms with Gasteiger partial charge in [0.05, 0.1) is 6.42 Å². The van der Waals surface area contributed by atoms with E-state index in [-0.39, 0.29) is 9.26 Å². The van der Waals surface area contributed by atoms with Gasteiger partial charge in [0, 0.05) is 5.56 Å². The number of hydrogen-bond acceptors (Lipinski definition) is 4. The van der Waals surface area contributed by atoms with E-state index in [9.17, 15) is 23.1 Å². The highest BCUT2D eigenvalue weighted by atomic mass is 127. The predicted octanol–water partition coefficient (Wildman–Crippen LogP) is 1.92. The second kappa shape index (κ2) is 4.94. The van der Waals surface area contributed by atoms with E-state index in [1.54, 1.807) is 0 Å². The van der Waals surface area contributed by atoms with Crippen molar-refractivity contribution in [1.29, 1.82) is 0 Å². The molecule has 0 aromatic carbocycles. The lowest BCUT2D eigenvalue weighted by Gasteiger charge is -2.12. The van der Waals surface area contributed by atoms with Crippen molar-refractivity contribution in [2.75, 3.05) is 0 Å². The monoisotopic (exact) mass is 363 g/mol. The third kappa shape index (κ3) is 4.24. The summed E-state index contributed by atoms with van der Waals surface area (Å²) in [6, 6.07) is 0.879. The smallest absolute Gasteiger partial charge is 0.505 e. The molecule has 0 spiro atoms. The maximum Gasteiger partial charge on any atom is 0.574 e. The van der Waals surface area contributed by atoms with Gasteiger partial charge >= 0.3 is 12.3 Å². The van der Waals surface area contributed by atoms with Gasteiger partial charge in [-0.25, -0.2) is 4.98 Å². The summed E-state index contributed by atoms with van der Waals surface area (Å²) >= 11 is 1.50. The van der Waals surface area contributed by atoms with Crippen molar-refractivity contribution in [1.82, 2.24) is 4.98 Å². The number of carbonyl (C=O) groups is 1. The van der Waals surface area contributed by atoms with E-state index in [1.165, 1.54) is 22.6 Å². The van der Waals surface area contributed by atoms with Gasteiger partial charge in [-0.15, -0.1) is 13.2 Å². The Morgan fingerprint density at radius 3 is 2.59 bits per heavy atom. The van der Waals surface area contributed by atoms with Crippen LogP contribution in [0.2, 0.25) is 0 Å². The normalized spacial score (nSPS) is 11.3. The van der Waals surface area contributed by atoms with Crippen LogP contribution in [0.25, 0.3) is 0 Å². The minimum Gasteiger partial charge on any atom is -0.505 e. The van der Waals surface area contributed by atoms with Gasteiger partial charge in [-0.2, -0.15) is 0 Å². The summed E-state index contributed by atoms with van der Waals surface area (Å²) in [6.07, 6.45) is -5.71. The summed E-state index contributed by atoms with van der Waals surface area (Å²) in [6.45, 7) is 0. The number of aromatic nitrogens is 1. The van der Waals surface area contributed by atoms with E-state index in [2.05, 4.69) is 9.72 Å². The molecule has 5 nitrogen and oxygen atoms in total. The standard InChI is InChI=1S/C8H5F3INO4/c9-8(10,11)17-7-3(2-5(15)16)1-4(14)6(12)13-7/h1,14H,2H2,(H,15,16). The summed E-state index contributed by atoms with van der Waals surface area (Å²) in [7, 11) is 0. The Morgan fingerprint density at radius 1 is 1.53 bits per heavy atom. The van der Waals surface area contributed by atoms with Gasteiger partial charge in [0.25, 0.3) is 0 Å². The number of halogens is 4. The highest BCUT2D eigenvalue weighted by molar-refractivity contribution is 14.1. The summed E-state index contributed by atoms with van der Waals surface area (Å²) < 4.78 is 39.5. The van der Waals surface area contributed by atoms with Crippen LogP contribution in [0.15, 0.2) is 6.07 Å². The lowest BCUT2D eigenvalue weighted by Crippen LogP contribution is -2.20. The molecule has 1 heterocycles. The molecule has 0 unspecified atom stereocenters. The minimum atomic E-state index is -4.97. The van der Waals surface area contributed by atoms with Gasteiger partial charge in [0.15, 0.2) is 0 Å². The third-order valence-electron chi connectivity index (χ3n) is 1.55. The fourth-order valence-corrected chi connectivity index (χ4v) is 1.37. The molecule has 0 radical (unpaired) electrons. The fraction of sp³-hybridized carbons (Fsp3) is 0.250. The molecule has 0 fully saturated rings.